The molecule has 2 aliphatic rings. The third kappa shape index (κ3) is 6.37. The quantitative estimate of drug-likeness (QED) is 0.380. The van der Waals surface area contributed by atoms with Gasteiger partial charge in [-0.3, -0.25) is 4.90 Å². The average Bonchev–Trinajstić information content (AvgIpc) is 3.13. The van der Waals surface area contributed by atoms with Crippen LogP contribution < -0.4 is 9.47 Å². The lowest BCUT2D eigenvalue weighted by atomic mass is 10.00. The van der Waals surface area contributed by atoms with Crippen LogP contribution >= 0.6 is 24.2 Å². The van der Waals surface area contributed by atoms with Crippen LogP contribution in [0.15, 0.2) is 71.6 Å². The number of aromatic hydroxyl groups is 2. The number of phenols is 2. The first kappa shape index (κ1) is 25.5. The van der Waals surface area contributed by atoms with Gasteiger partial charge in [-0.1, -0.05) is 37.1 Å². The zero-order valence-corrected chi connectivity index (χ0v) is 21.3. The summed E-state index contributed by atoms with van der Waals surface area (Å²) in [6.07, 6.45) is 5.06. The SMILES string of the molecule is Cl.Oc1ccc([C@H]2Sc3cc(O)ccc3O[C@H]2c2ccc(OCCN3CCCCCC3)cc2)cc1. The molecule has 0 spiro atoms. The summed E-state index contributed by atoms with van der Waals surface area (Å²) in [7, 11) is 0. The van der Waals surface area contributed by atoms with Crippen LogP contribution in [0.3, 0.4) is 0 Å². The van der Waals surface area contributed by atoms with Gasteiger partial charge in [0.05, 0.1) is 10.1 Å². The number of hydrogen-bond acceptors (Lipinski definition) is 6. The second-order valence-electron chi connectivity index (χ2n) is 8.97. The van der Waals surface area contributed by atoms with Crippen LogP contribution in [0.1, 0.15) is 48.2 Å². The molecular weight excluding hydrogens is 482 g/mol. The third-order valence-electron chi connectivity index (χ3n) is 6.52. The summed E-state index contributed by atoms with van der Waals surface area (Å²) >= 11 is 1.67. The highest BCUT2D eigenvalue weighted by Gasteiger charge is 2.33. The summed E-state index contributed by atoms with van der Waals surface area (Å²) in [5.41, 5.74) is 2.11. The molecule has 0 saturated carbocycles. The number of thioether (sulfide) groups is 1. The number of nitrogens with zero attached hydrogens (tertiary/aromatic N) is 1. The Morgan fingerprint density at radius 2 is 1.49 bits per heavy atom. The van der Waals surface area contributed by atoms with Gasteiger partial charge in [-0.2, -0.15) is 0 Å². The number of halogens is 1. The van der Waals surface area contributed by atoms with Gasteiger partial charge in [-0.05, 0) is 79.5 Å². The molecule has 0 amide bonds. The molecule has 1 fully saturated rings. The molecule has 5 rings (SSSR count). The van der Waals surface area contributed by atoms with E-state index in [1.165, 1.54) is 38.8 Å². The number of rotatable bonds is 6. The molecule has 2 atom stereocenters. The standard InChI is InChI=1S/C28H31NO4S.ClH/c30-22-9-5-21(6-10-22)28-27(33-25-14-11-23(31)19-26(25)34-28)20-7-12-24(13-8-20)32-18-17-29-15-3-1-2-4-16-29;/h5-14,19,27-28,30-31H,1-4,15-18H2;1H/t27-,28+;/m0./s1. The molecule has 0 aromatic heterocycles. The highest BCUT2D eigenvalue weighted by Crippen LogP contribution is 2.54. The molecule has 0 radical (unpaired) electrons. The van der Waals surface area contributed by atoms with Crippen molar-refractivity contribution < 1.29 is 19.7 Å². The van der Waals surface area contributed by atoms with Crippen LogP contribution in [0, 0.1) is 0 Å². The van der Waals surface area contributed by atoms with Crippen LogP contribution in [0.4, 0.5) is 0 Å². The molecule has 5 nitrogen and oxygen atoms in total. The number of likely N-dealkylation sites (tertiary alicyclic amines) is 1. The van der Waals surface area contributed by atoms with Gasteiger partial charge in [0.2, 0.25) is 0 Å². The van der Waals surface area contributed by atoms with E-state index in [2.05, 4.69) is 17.0 Å². The van der Waals surface area contributed by atoms with Crippen molar-refractivity contribution in [3.05, 3.63) is 77.9 Å². The van der Waals surface area contributed by atoms with Crippen molar-refractivity contribution in [3.8, 4) is 23.0 Å². The van der Waals surface area contributed by atoms with E-state index in [4.69, 9.17) is 9.47 Å². The van der Waals surface area contributed by atoms with Crippen molar-refractivity contribution in [1.29, 1.82) is 0 Å². The Morgan fingerprint density at radius 1 is 0.829 bits per heavy atom. The van der Waals surface area contributed by atoms with E-state index in [1.807, 2.05) is 30.3 Å². The molecule has 3 aromatic carbocycles. The van der Waals surface area contributed by atoms with Gasteiger partial charge in [0.1, 0.15) is 35.7 Å². The van der Waals surface area contributed by atoms with E-state index in [-0.39, 0.29) is 35.3 Å². The number of hydrogen-bond donors (Lipinski definition) is 2. The maximum absolute atomic E-state index is 9.94. The van der Waals surface area contributed by atoms with Crippen LogP contribution in [0.5, 0.6) is 23.0 Å². The first-order chi connectivity index (χ1) is 16.7. The minimum Gasteiger partial charge on any atom is -0.508 e. The third-order valence-corrected chi connectivity index (χ3v) is 7.86. The van der Waals surface area contributed by atoms with E-state index in [1.54, 1.807) is 36.0 Å². The van der Waals surface area contributed by atoms with E-state index >= 15 is 0 Å². The number of ether oxygens (including phenoxy) is 2. The molecule has 3 aromatic rings. The predicted molar refractivity (Wildman–Crippen MR) is 142 cm³/mol. The molecule has 2 heterocycles. The zero-order valence-electron chi connectivity index (χ0n) is 19.6. The summed E-state index contributed by atoms with van der Waals surface area (Å²) in [6, 6.07) is 20.7. The molecule has 0 aliphatic carbocycles. The second kappa shape index (κ2) is 11.9. The van der Waals surface area contributed by atoms with Crippen molar-refractivity contribution in [1.82, 2.24) is 4.90 Å². The summed E-state index contributed by atoms with van der Waals surface area (Å²) in [4.78, 5) is 3.41. The number of fused-ring (bicyclic) bond motifs is 1. The largest absolute Gasteiger partial charge is 0.508 e. The van der Waals surface area contributed by atoms with Crippen LogP contribution in [-0.2, 0) is 0 Å². The highest BCUT2D eigenvalue weighted by atomic mass is 35.5. The van der Waals surface area contributed by atoms with Crippen molar-refractivity contribution >= 4 is 24.2 Å². The topological polar surface area (TPSA) is 62.2 Å². The van der Waals surface area contributed by atoms with Crippen LogP contribution in [-0.4, -0.2) is 41.4 Å². The molecular formula is C28H32ClNO4S. The fourth-order valence-electron chi connectivity index (χ4n) is 4.64. The molecule has 35 heavy (non-hydrogen) atoms. The summed E-state index contributed by atoms with van der Waals surface area (Å²) in [5.74, 6) is 2.09. The Kier molecular flexibility index (Phi) is 8.71. The van der Waals surface area contributed by atoms with E-state index < -0.39 is 0 Å². The van der Waals surface area contributed by atoms with Crippen molar-refractivity contribution in [2.24, 2.45) is 0 Å². The normalized spacial score (nSPS) is 20.1. The van der Waals surface area contributed by atoms with Gasteiger partial charge in [0, 0.05) is 6.54 Å². The molecule has 2 aliphatic heterocycles. The Balaban J connectivity index is 0.00000289. The molecule has 2 N–H and O–H groups in total. The molecule has 0 unspecified atom stereocenters. The number of phenolic OH excluding ortho intramolecular Hbond substituents is 2. The minimum atomic E-state index is -0.210. The lowest BCUT2D eigenvalue weighted by molar-refractivity contribution is 0.190. The fraction of sp³-hybridized carbons (Fsp3) is 0.357. The Labute approximate surface area is 217 Å². The highest BCUT2D eigenvalue weighted by molar-refractivity contribution is 7.99. The first-order valence-electron chi connectivity index (χ1n) is 12.1. The minimum absolute atomic E-state index is 0. The van der Waals surface area contributed by atoms with Crippen LogP contribution in [0.25, 0.3) is 0 Å². The van der Waals surface area contributed by atoms with Crippen LogP contribution in [0.2, 0.25) is 0 Å². The molecule has 1 saturated heterocycles. The summed E-state index contributed by atoms with van der Waals surface area (Å²) in [5, 5.41) is 19.7. The van der Waals surface area contributed by atoms with Crippen molar-refractivity contribution in [2.75, 3.05) is 26.2 Å². The maximum atomic E-state index is 9.94. The Bertz CT molecular complexity index is 1090. The van der Waals surface area contributed by atoms with Crippen molar-refractivity contribution in [2.45, 2.75) is 41.9 Å². The van der Waals surface area contributed by atoms with E-state index in [0.29, 0.717) is 6.61 Å². The maximum Gasteiger partial charge on any atom is 0.140 e. The Morgan fingerprint density at radius 3 is 2.20 bits per heavy atom. The van der Waals surface area contributed by atoms with Gasteiger partial charge < -0.3 is 19.7 Å². The second-order valence-corrected chi connectivity index (χ2v) is 10.2. The van der Waals surface area contributed by atoms with Crippen molar-refractivity contribution in [3.63, 3.8) is 0 Å². The Hall–Kier alpha value is -2.54. The fourth-order valence-corrected chi connectivity index (χ4v) is 5.96. The smallest absolute Gasteiger partial charge is 0.140 e. The van der Waals surface area contributed by atoms with Gasteiger partial charge in [-0.25, -0.2) is 0 Å². The lowest BCUT2D eigenvalue weighted by Crippen LogP contribution is -2.29. The summed E-state index contributed by atoms with van der Waals surface area (Å²) < 4.78 is 12.5. The molecule has 0 bridgehead atoms. The lowest BCUT2D eigenvalue weighted by Gasteiger charge is -2.34. The average molecular weight is 514 g/mol. The van der Waals surface area contributed by atoms with Gasteiger partial charge in [0.15, 0.2) is 0 Å². The summed E-state index contributed by atoms with van der Waals surface area (Å²) in [6.45, 7) is 4.02. The predicted octanol–water partition coefficient (Wildman–Crippen LogP) is 6.74. The van der Waals surface area contributed by atoms with E-state index in [0.717, 1.165) is 34.1 Å². The number of benzene rings is 3. The van der Waals surface area contributed by atoms with Gasteiger partial charge in [0.25, 0.3) is 0 Å². The molecule has 186 valence electrons. The zero-order chi connectivity index (χ0) is 23.3. The monoisotopic (exact) mass is 513 g/mol. The van der Waals surface area contributed by atoms with E-state index in [9.17, 15) is 10.2 Å². The molecule has 7 heteroatoms. The first-order valence-corrected chi connectivity index (χ1v) is 12.9. The van der Waals surface area contributed by atoms with Gasteiger partial charge in [-0.15, -0.1) is 24.2 Å². The van der Waals surface area contributed by atoms with Gasteiger partial charge >= 0.3 is 0 Å².